The highest BCUT2D eigenvalue weighted by atomic mass is 16.5. The molecule has 0 radical (unpaired) electrons. The van der Waals surface area contributed by atoms with Crippen LogP contribution < -0.4 is 10.1 Å². The molecule has 0 spiro atoms. The van der Waals surface area contributed by atoms with Crippen molar-refractivity contribution in [3.05, 3.63) is 71.3 Å². The summed E-state index contributed by atoms with van der Waals surface area (Å²) in [5, 5.41) is 7.50. The van der Waals surface area contributed by atoms with Gasteiger partial charge >= 0.3 is 0 Å². The number of benzene rings is 2. The lowest BCUT2D eigenvalue weighted by atomic mass is 10.2. The molecule has 154 valence electrons. The predicted molar refractivity (Wildman–Crippen MR) is 117 cm³/mol. The van der Waals surface area contributed by atoms with Crippen molar-refractivity contribution < 1.29 is 9.53 Å². The number of carbonyl (C=O) groups excluding carboxylic acids is 1. The van der Waals surface area contributed by atoms with Crippen LogP contribution >= 0.6 is 0 Å². The van der Waals surface area contributed by atoms with Crippen molar-refractivity contribution in [2.75, 3.05) is 12.4 Å². The summed E-state index contributed by atoms with van der Waals surface area (Å²) in [5.74, 6) is 1.49. The van der Waals surface area contributed by atoms with Gasteiger partial charge in [0, 0.05) is 23.5 Å². The van der Waals surface area contributed by atoms with Crippen molar-refractivity contribution in [2.45, 2.75) is 33.9 Å². The van der Waals surface area contributed by atoms with Crippen molar-refractivity contribution in [1.82, 2.24) is 19.3 Å². The van der Waals surface area contributed by atoms with E-state index in [0.717, 1.165) is 34.8 Å². The summed E-state index contributed by atoms with van der Waals surface area (Å²) in [4.78, 5) is 17.4. The first-order valence-corrected chi connectivity index (χ1v) is 9.94. The van der Waals surface area contributed by atoms with E-state index in [4.69, 9.17) is 9.72 Å². The van der Waals surface area contributed by atoms with Crippen LogP contribution in [0.2, 0.25) is 0 Å². The summed E-state index contributed by atoms with van der Waals surface area (Å²) in [6.07, 6.45) is 0. The Labute approximate surface area is 175 Å². The number of nitrogens with one attached hydrogen (secondary N) is 1. The zero-order valence-corrected chi connectivity index (χ0v) is 17.6. The van der Waals surface area contributed by atoms with Gasteiger partial charge in [0.05, 0.1) is 30.4 Å². The van der Waals surface area contributed by atoms with E-state index in [1.54, 1.807) is 31.4 Å². The lowest BCUT2D eigenvalue weighted by Crippen LogP contribution is -2.11. The Morgan fingerprint density at radius 1 is 1.10 bits per heavy atom. The molecule has 0 fully saturated rings. The minimum atomic E-state index is -0.171. The van der Waals surface area contributed by atoms with Crippen LogP contribution in [-0.4, -0.2) is 32.3 Å². The third-order valence-electron chi connectivity index (χ3n) is 5.15. The van der Waals surface area contributed by atoms with Gasteiger partial charge in [0.2, 0.25) is 0 Å². The van der Waals surface area contributed by atoms with Crippen LogP contribution in [0.4, 0.5) is 5.69 Å². The predicted octanol–water partition coefficient (Wildman–Crippen LogP) is 4.18. The van der Waals surface area contributed by atoms with E-state index in [1.807, 2.05) is 36.7 Å². The maximum Gasteiger partial charge on any atom is 0.255 e. The van der Waals surface area contributed by atoms with E-state index in [1.165, 1.54) is 0 Å². The molecule has 2 aromatic carbocycles. The number of aryl methyl sites for hydroxylation is 3. The molecule has 0 atom stereocenters. The highest BCUT2D eigenvalue weighted by Gasteiger charge is 2.13. The number of hydrogen-bond acceptors (Lipinski definition) is 4. The van der Waals surface area contributed by atoms with Gasteiger partial charge in [-0.1, -0.05) is 0 Å². The minimum Gasteiger partial charge on any atom is -0.497 e. The largest absolute Gasteiger partial charge is 0.497 e. The van der Waals surface area contributed by atoms with E-state index in [9.17, 15) is 4.79 Å². The highest BCUT2D eigenvalue weighted by Crippen LogP contribution is 2.22. The van der Waals surface area contributed by atoms with E-state index in [2.05, 4.69) is 28.0 Å². The second-order valence-electron chi connectivity index (χ2n) is 7.24. The highest BCUT2D eigenvalue weighted by molar-refractivity contribution is 6.05. The maximum atomic E-state index is 12.6. The molecule has 7 heteroatoms. The number of aromatic nitrogens is 4. The molecule has 1 N–H and O–H groups in total. The fraction of sp³-hybridized carbons (Fsp3) is 0.261. The quantitative estimate of drug-likeness (QED) is 0.524. The SMILES string of the molecule is CCn1c(Cn2nc(C)cc2C)nc2cc(NC(=O)c3ccc(OC)cc3)ccc21. The van der Waals surface area contributed by atoms with Gasteiger partial charge in [-0.25, -0.2) is 4.98 Å². The molecule has 0 saturated heterocycles. The average Bonchev–Trinajstić information content (AvgIpc) is 3.25. The van der Waals surface area contributed by atoms with Crippen LogP contribution in [0.3, 0.4) is 0 Å². The summed E-state index contributed by atoms with van der Waals surface area (Å²) >= 11 is 0. The summed E-state index contributed by atoms with van der Waals surface area (Å²) in [7, 11) is 1.60. The van der Waals surface area contributed by atoms with E-state index in [-0.39, 0.29) is 5.91 Å². The first-order valence-electron chi connectivity index (χ1n) is 9.94. The van der Waals surface area contributed by atoms with E-state index >= 15 is 0 Å². The Bertz CT molecular complexity index is 1200. The van der Waals surface area contributed by atoms with Crippen molar-refractivity contribution in [1.29, 1.82) is 0 Å². The normalized spacial score (nSPS) is 11.1. The second kappa shape index (κ2) is 8.02. The molecule has 4 rings (SSSR count). The van der Waals surface area contributed by atoms with Crippen molar-refractivity contribution in [3.8, 4) is 5.75 Å². The monoisotopic (exact) mass is 403 g/mol. The number of methoxy groups -OCH3 is 1. The van der Waals surface area contributed by atoms with E-state index < -0.39 is 0 Å². The second-order valence-corrected chi connectivity index (χ2v) is 7.24. The van der Waals surface area contributed by atoms with Gasteiger partial charge < -0.3 is 14.6 Å². The third-order valence-corrected chi connectivity index (χ3v) is 5.15. The molecule has 1 amide bonds. The molecule has 2 heterocycles. The summed E-state index contributed by atoms with van der Waals surface area (Å²) in [6.45, 7) is 7.55. The standard InChI is InChI=1S/C23H25N5O2/c1-5-27-21-11-8-18(24-23(29)17-6-9-19(30-4)10-7-17)13-20(21)25-22(27)14-28-16(3)12-15(2)26-28/h6-13H,5,14H2,1-4H3,(H,24,29). The van der Waals surface area contributed by atoms with Crippen molar-refractivity contribution >= 4 is 22.6 Å². The number of nitrogens with zero attached hydrogens (tertiary/aromatic N) is 4. The minimum absolute atomic E-state index is 0.171. The van der Waals surface area contributed by atoms with Gasteiger partial charge in [-0.2, -0.15) is 5.10 Å². The Morgan fingerprint density at radius 3 is 2.50 bits per heavy atom. The molecule has 30 heavy (non-hydrogen) atoms. The lowest BCUT2D eigenvalue weighted by molar-refractivity contribution is 0.102. The Hall–Kier alpha value is -3.61. The van der Waals surface area contributed by atoms with Crippen molar-refractivity contribution in [2.24, 2.45) is 0 Å². The molecule has 0 unspecified atom stereocenters. The third kappa shape index (κ3) is 3.78. The fourth-order valence-corrected chi connectivity index (χ4v) is 3.65. The fourth-order valence-electron chi connectivity index (χ4n) is 3.65. The maximum absolute atomic E-state index is 12.6. The molecule has 0 saturated carbocycles. The van der Waals surface area contributed by atoms with Gasteiger partial charge in [-0.15, -0.1) is 0 Å². The number of hydrogen-bond donors (Lipinski definition) is 1. The number of ether oxygens (including phenoxy) is 1. The number of imidazole rings is 1. The number of anilines is 1. The van der Waals surface area contributed by atoms with Crippen LogP contribution in [0, 0.1) is 13.8 Å². The molecule has 4 aromatic rings. The van der Waals surface area contributed by atoms with Gasteiger partial charge in [-0.3, -0.25) is 9.48 Å². The number of carbonyl (C=O) groups is 1. The molecular weight excluding hydrogens is 378 g/mol. The Morgan fingerprint density at radius 2 is 1.87 bits per heavy atom. The lowest BCUT2D eigenvalue weighted by Gasteiger charge is -2.08. The molecule has 0 aliphatic heterocycles. The molecular formula is C23H25N5O2. The molecule has 0 aliphatic carbocycles. The zero-order valence-electron chi connectivity index (χ0n) is 17.6. The van der Waals surface area contributed by atoms with Gasteiger partial charge in [-0.05, 0) is 69.3 Å². The number of rotatable bonds is 6. The average molecular weight is 403 g/mol. The zero-order chi connectivity index (χ0) is 21.3. The smallest absolute Gasteiger partial charge is 0.255 e. The van der Waals surface area contributed by atoms with Crippen LogP contribution in [-0.2, 0) is 13.1 Å². The van der Waals surface area contributed by atoms with Crippen molar-refractivity contribution in [3.63, 3.8) is 0 Å². The van der Waals surface area contributed by atoms with Crippen LogP contribution in [0.15, 0.2) is 48.5 Å². The first-order chi connectivity index (χ1) is 14.5. The Balaban J connectivity index is 1.60. The summed E-state index contributed by atoms with van der Waals surface area (Å²) in [5.41, 5.74) is 5.27. The number of amides is 1. The molecule has 2 aromatic heterocycles. The summed E-state index contributed by atoms with van der Waals surface area (Å²) < 4.78 is 9.29. The van der Waals surface area contributed by atoms with Crippen LogP contribution in [0.1, 0.15) is 34.5 Å². The topological polar surface area (TPSA) is 74.0 Å². The van der Waals surface area contributed by atoms with Crippen LogP contribution in [0.5, 0.6) is 5.75 Å². The first kappa shape index (κ1) is 19.7. The number of fused-ring (bicyclic) bond motifs is 1. The van der Waals surface area contributed by atoms with E-state index in [0.29, 0.717) is 23.5 Å². The van der Waals surface area contributed by atoms with Gasteiger partial charge in [0.25, 0.3) is 5.91 Å². The summed E-state index contributed by atoms with van der Waals surface area (Å²) in [6, 6.07) is 14.9. The molecule has 0 bridgehead atoms. The van der Waals surface area contributed by atoms with Crippen LogP contribution in [0.25, 0.3) is 11.0 Å². The van der Waals surface area contributed by atoms with Gasteiger partial charge in [0.15, 0.2) is 0 Å². The molecule has 0 aliphatic rings. The van der Waals surface area contributed by atoms with Gasteiger partial charge in [0.1, 0.15) is 11.6 Å². The molecule has 7 nitrogen and oxygen atoms in total. The Kier molecular flexibility index (Phi) is 5.27.